The molecule has 2 aliphatic heterocycles. The molecule has 0 aliphatic carbocycles. The summed E-state index contributed by atoms with van der Waals surface area (Å²) in [5, 5.41) is 9.80. The fraction of sp³-hybridized carbons (Fsp3) is 0.387. The Morgan fingerprint density at radius 2 is 1.89 bits per heavy atom. The highest BCUT2D eigenvalue weighted by atomic mass is 35.5. The first-order chi connectivity index (χ1) is 21.8. The lowest BCUT2D eigenvalue weighted by molar-refractivity contribution is -0.153. The first kappa shape index (κ1) is 30.4. The Kier molecular flexibility index (Phi) is 8.90. The summed E-state index contributed by atoms with van der Waals surface area (Å²) in [5.41, 5.74) is 1.25. The van der Waals surface area contributed by atoms with Gasteiger partial charge < -0.3 is 33.7 Å². The molecular weight excluding hydrogens is 604 g/mol. The van der Waals surface area contributed by atoms with Crippen LogP contribution in [0.25, 0.3) is 10.9 Å². The van der Waals surface area contributed by atoms with Gasteiger partial charge in [0.25, 0.3) is 0 Å². The molecule has 14 heteroatoms. The van der Waals surface area contributed by atoms with Crippen LogP contribution in [0.3, 0.4) is 0 Å². The second-order valence-corrected chi connectivity index (χ2v) is 11.6. The van der Waals surface area contributed by atoms with Crippen LogP contribution in [0.4, 0.5) is 16.3 Å². The van der Waals surface area contributed by atoms with Gasteiger partial charge in [-0.3, -0.25) is 10.1 Å². The van der Waals surface area contributed by atoms with Crippen molar-refractivity contribution in [3.05, 3.63) is 53.5 Å². The van der Waals surface area contributed by atoms with E-state index in [-0.39, 0.29) is 22.6 Å². The van der Waals surface area contributed by atoms with Gasteiger partial charge in [-0.05, 0) is 44.4 Å². The zero-order valence-corrected chi connectivity index (χ0v) is 25.7. The molecule has 2 aromatic carbocycles. The molecule has 4 aromatic rings. The lowest BCUT2D eigenvalue weighted by Gasteiger charge is -2.47. The second kappa shape index (κ2) is 13.2. The third-order valence-corrected chi connectivity index (χ3v) is 8.26. The molecule has 4 heterocycles. The van der Waals surface area contributed by atoms with E-state index in [9.17, 15) is 9.59 Å². The molecule has 2 fully saturated rings. The van der Waals surface area contributed by atoms with Gasteiger partial charge in [0.2, 0.25) is 11.8 Å². The van der Waals surface area contributed by atoms with Crippen LogP contribution < -0.4 is 24.8 Å². The Balaban J connectivity index is 1.05. The van der Waals surface area contributed by atoms with Gasteiger partial charge in [0.1, 0.15) is 17.8 Å². The van der Waals surface area contributed by atoms with Gasteiger partial charge in [0, 0.05) is 43.1 Å². The molecule has 236 valence electrons. The minimum Gasteiger partial charge on any atom is -0.493 e. The number of hydrogen-bond donors (Lipinski definition) is 2. The molecule has 13 nitrogen and oxygen atoms in total. The number of halogens is 1. The predicted octanol–water partition coefficient (Wildman–Crippen LogP) is 5.82. The SMILES string of the molecule is COc1cc2c(Oc3ccc(NC(=O)Nc4cc(C)on4)c(Cl)c3)ncnc2cc1OCCCC(=O)N1CCC2(CC1)COC2. The molecule has 2 N–H and O–H groups in total. The monoisotopic (exact) mass is 636 g/mol. The standard InChI is InChI=1S/C31H33ClN6O7/c1-19-12-27(37-45-19)36-30(40)35-23-6-5-20(13-22(23)32)44-29-21-14-25(41-2)26(15-24(21)33-18-34-29)43-11-3-4-28(39)38-9-7-31(8-10-38)16-42-17-31/h5-6,12-15,18H,3-4,7-11,16-17H2,1-2H3,(H2,35,36,37,40). The van der Waals surface area contributed by atoms with E-state index < -0.39 is 6.03 Å². The summed E-state index contributed by atoms with van der Waals surface area (Å²) in [6.45, 7) is 5.30. The van der Waals surface area contributed by atoms with Crippen molar-refractivity contribution in [2.24, 2.45) is 5.41 Å². The Hall–Kier alpha value is -4.62. The average molecular weight is 637 g/mol. The number of carbonyl (C=O) groups is 2. The molecule has 0 atom stereocenters. The van der Waals surface area contributed by atoms with Crippen molar-refractivity contribution in [1.29, 1.82) is 0 Å². The normalized spacial score (nSPS) is 15.4. The Morgan fingerprint density at radius 1 is 1.07 bits per heavy atom. The summed E-state index contributed by atoms with van der Waals surface area (Å²) < 4.78 is 28.0. The van der Waals surface area contributed by atoms with E-state index in [1.807, 2.05) is 4.90 Å². The van der Waals surface area contributed by atoms with Gasteiger partial charge in [0.15, 0.2) is 17.3 Å². The molecule has 0 unspecified atom stereocenters. The first-order valence-corrected chi connectivity index (χ1v) is 15.0. The number of fused-ring (bicyclic) bond motifs is 1. The van der Waals surface area contributed by atoms with Crippen molar-refractivity contribution in [2.75, 3.05) is 50.7 Å². The molecular formula is C31H33ClN6O7. The maximum Gasteiger partial charge on any atom is 0.324 e. The fourth-order valence-electron chi connectivity index (χ4n) is 5.34. The van der Waals surface area contributed by atoms with Crippen molar-refractivity contribution < 1.29 is 33.1 Å². The zero-order valence-electron chi connectivity index (χ0n) is 24.9. The minimum absolute atomic E-state index is 0.155. The quantitative estimate of drug-likeness (QED) is 0.204. The highest BCUT2D eigenvalue weighted by Gasteiger charge is 2.41. The summed E-state index contributed by atoms with van der Waals surface area (Å²) >= 11 is 6.42. The maximum atomic E-state index is 12.7. The van der Waals surface area contributed by atoms with Crippen LogP contribution in [0.1, 0.15) is 31.4 Å². The van der Waals surface area contributed by atoms with Crippen LogP contribution in [0.15, 0.2) is 47.2 Å². The number of carbonyl (C=O) groups excluding carboxylic acids is 2. The molecule has 2 saturated heterocycles. The lowest BCUT2D eigenvalue weighted by atomic mass is 9.77. The number of anilines is 2. The van der Waals surface area contributed by atoms with Gasteiger partial charge in [-0.1, -0.05) is 16.8 Å². The number of nitrogens with one attached hydrogen (secondary N) is 2. The number of methoxy groups -OCH3 is 1. The van der Waals surface area contributed by atoms with E-state index in [1.54, 1.807) is 50.4 Å². The number of aromatic nitrogens is 3. The number of aryl methyl sites for hydroxylation is 1. The zero-order chi connectivity index (χ0) is 31.4. The fourth-order valence-corrected chi connectivity index (χ4v) is 5.55. The number of ether oxygens (including phenoxy) is 4. The third kappa shape index (κ3) is 7.04. The third-order valence-electron chi connectivity index (χ3n) is 7.94. The van der Waals surface area contributed by atoms with E-state index in [0.29, 0.717) is 64.5 Å². The van der Waals surface area contributed by atoms with Gasteiger partial charge in [-0.15, -0.1) is 0 Å². The molecule has 2 aliphatic rings. The number of amides is 3. The molecule has 1 spiro atoms. The lowest BCUT2D eigenvalue weighted by Crippen LogP contribution is -2.52. The van der Waals surface area contributed by atoms with Crippen LogP contribution in [0, 0.1) is 12.3 Å². The summed E-state index contributed by atoms with van der Waals surface area (Å²) in [5.74, 6) is 2.66. The van der Waals surface area contributed by atoms with Crippen molar-refractivity contribution in [3.8, 4) is 23.1 Å². The predicted molar refractivity (Wildman–Crippen MR) is 165 cm³/mol. The summed E-state index contributed by atoms with van der Waals surface area (Å²) in [7, 11) is 1.55. The van der Waals surface area contributed by atoms with Crippen molar-refractivity contribution in [3.63, 3.8) is 0 Å². The van der Waals surface area contributed by atoms with E-state index in [2.05, 4.69) is 25.8 Å². The summed E-state index contributed by atoms with van der Waals surface area (Å²) in [4.78, 5) is 35.6. The van der Waals surface area contributed by atoms with Gasteiger partial charge in [-0.25, -0.2) is 14.8 Å². The number of urea groups is 1. The topological polar surface area (TPSA) is 150 Å². The van der Waals surface area contributed by atoms with E-state index in [4.69, 9.17) is 35.1 Å². The second-order valence-electron chi connectivity index (χ2n) is 11.2. The van der Waals surface area contributed by atoms with Gasteiger partial charge in [0.05, 0.1) is 48.5 Å². The number of nitrogens with zero attached hydrogens (tertiary/aromatic N) is 4. The Morgan fingerprint density at radius 3 is 2.58 bits per heavy atom. The molecule has 0 radical (unpaired) electrons. The molecule has 0 saturated carbocycles. The highest BCUT2D eigenvalue weighted by molar-refractivity contribution is 6.34. The van der Waals surface area contributed by atoms with Crippen molar-refractivity contribution in [2.45, 2.75) is 32.6 Å². The molecule has 45 heavy (non-hydrogen) atoms. The number of likely N-dealkylation sites (tertiary alicyclic amines) is 1. The van der Waals surface area contributed by atoms with Crippen molar-refractivity contribution in [1.82, 2.24) is 20.0 Å². The maximum absolute atomic E-state index is 12.7. The molecule has 3 amide bonds. The summed E-state index contributed by atoms with van der Waals surface area (Å²) in [6, 6.07) is 9.37. The number of piperidine rings is 1. The van der Waals surface area contributed by atoms with Gasteiger partial charge >= 0.3 is 6.03 Å². The van der Waals surface area contributed by atoms with E-state index in [1.165, 1.54) is 6.33 Å². The first-order valence-electron chi connectivity index (χ1n) is 14.6. The van der Waals surface area contributed by atoms with Crippen LogP contribution in [-0.4, -0.2) is 72.0 Å². The van der Waals surface area contributed by atoms with Crippen LogP contribution in [0.2, 0.25) is 5.02 Å². The Labute approximate surface area is 264 Å². The molecule has 6 rings (SSSR count). The highest BCUT2D eigenvalue weighted by Crippen LogP contribution is 2.39. The number of benzene rings is 2. The largest absolute Gasteiger partial charge is 0.493 e. The van der Waals surface area contributed by atoms with Crippen LogP contribution in [-0.2, 0) is 9.53 Å². The van der Waals surface area contributed by atoms with Crippen LogP contribution >= 0.6 is 11.6 Å². The van der Waals surface area contributed by atoms with Crippen LogP contribution in [0.5, 0.6) is 23.1 Å². The summed E-state index contributed by atoms with van der Waals surface area (Å²) in [6.07, 6.45) is 4.41. The Bertz CT molecular complexity index is 1700. The average Bonchev–Trinajstić information content (AvgIpc) is 3.43. The molecule has 0 bridgehead atoms. The number of rotatable bonds is 10. The van der Waals surface area contributed by atoms with E-state index >= 15 is 0 Å². The van der Waals surface area contributed by atoms with Gasteiger partial charge in [-0.2, -0.15) is 0 Å². The molecule has 2 aromatic heterocycles. The smallest absolute Gasteiger partial charge is 0.324 e. The van der Waals surface area contributed by atoms with Crippen molar-refractivity contribution >= 4 is 45.9 Å². The van der Waals surface area contributed by atoms with E-state index in [0.717, 1.165) is 39.1 Å². The minimum atomic E-state index is -0.531. The number of hydrogen-bond acceptors (Lipinski definition) is 10.